The third-order valence-corrected chi connectivity index (χ3v) is 5.96. The largest absolute Gasteiger partial charge is 0.364 e. The third-order valence-electron chi connectivity index (χ3n) is 5.96. The van der Waals surface area contributed by atoms with E-state index in [-0.39, 0.29) is 0 Å². The summed E-state index contributed by atoms with van der Waals surface area (Å²) in [5, 5.41) is 3.49. The molecule has 4 rings (SSSR count). The van der Waals surface area contributed by atoms with Gasteiger partial charge in [0.2, 0.25) is 5.96 Å². The summed E-state index contributed by atoms with van der Waals surface area (Å²) in [6.07, 6.45) is 3.86. The lowest BCUT2D eigenvalue weighted by Crippen LogP contribution is -2.56. The molecule has 2 aliphatic rings. The molecule has 1 atom stereocenters. The van der Waals surface area contributed by atoms with Crippen molar-refractivity contribution in [2.75, 3.05) is 45.2 Å². The van der Waals surface area contributed by atoms with Crippen LogP contribution in [0.2, 0.25) is 0 Å². The number of hydrogen-bond acceptors (Lipinski definition) is 7. The van der Waals surface area contributed by atoms with Gasteiger partial charge in [-0.1, -0.05) is 24.3 Å². The number of aromatic nitrogens is 1. The Bertz CT molecular complexity index is 959. The van der Waals surface area contributed by atoms with Gasteiger partial charge in [-0.2, -0.15) is 0 Å². The van der Waals surface area contributed by atoms with Gasteiger partial charge in [0.05, 0.1) is 0 Å². The second kappa shape index (κ2) is 7.99. The van der Waals surface area contributed by atoms with E-state index in [9.17, 15) is 0 Å². The fraction of sp³-hybridized carbons (Fsp3) is 0.391. The Labute approximate surface area is 178 Å². The van der Waals surface area contributed by atoms with Crippen molar-refractivity contribution in [3.63, 3.8) is 0 Å². The van der Waals surface area contributed by atoms with E-state index in [1.165, 1.54) is 11.1 Å². The quantitative estimate of drug-likeness (QED) is 0.814. The Morgan fingerprint density at radius 1 is 1.00 bits per heavy atom. The molecule has 0 saturated carbocycles. The fourth-order valence-corrected chi connectivity index (χ4v) is 4.00. The Hall–Kier alpha value is -3.06. The Kier molecular flexibility index (Phi) is 5.39. The van der Waals surface area contributed by atoms with Crippen LogP contribution in [0.4, 0.5) is 5.82 Å². The normalized spacial score (nSPS) is 21.6. The summed E-state index contributed by atoms with van der Waals surface area (Å²) < 4.78 is 0. The van der Waals surface area contributed by atoms with E-state index in [0.717, 1.165) is 49.3 Å². The maximum atomic E-state index is 6.92. The van der Waals surface area contributed by atoms with Gasteiger partial charge in [-0.3, -0.25) is 5.73 Å². The molecule has 2 aromatic rings. The Morgan fingerprint density at radius 3 is 2.40 bits per heavy atom. The van der Waals surface area contributed by atoms with Crippen LogP contribution in [0.15, 0.2) is 59.5 Å². The predicted octanol–water partition coefficient (Wildman–Crippen LogP) is 1.99. The number of aliphatic imine (C=N–C) groups is 1. The molecule has 1 saturated heterocycles. The van der Waals surface area contributed by atoms with E-state index in [0.29, 0.717) is 0 Å². The summed E-state index contributed by atoms with van der Waals surface area (Å²) in [6.45, 7) is 7.71. The number of rotatable bonds is 3. The second-order valence-electron chi connectivity index (χ2n) is 8.22. The molecule has 158 valence electrons. The number of benzene rings is 1. The van der Waals surface area contributed by atoms with Crippen molar-refractivity contribution in [2.45, 2.75) is 19.5 Å². The van der Waals surface area contributed by atoms with Crippen molar-refractivity contribution in [3.05, 3.63) is 71.2 Å². The van der Waals surface area contributed by atoms with Crippen LogP contribution in [0.25, 0.3) is 0 Å². The lowest BCUT2D eigenvalue weighted by atomic mass is 9.92. The lowest BCUT2D eigenvalue weighted by Gasteiger charge is -2.41. The second-order valence-corrected chi connectivity index (χ2v) is 8.22. The molecule has 1 unspecified atom stereocenters. The molecule has 1 fully saturated rings. The molecule has 1 aromatic heterocycles. The van der Waals surface area contributed by atoms with Crippen LogP contribution < -0.4 is 16.0 Å². The Morgan fingerprint density at radius 2 is 1.73 bits per heavy atom. The van der Waals surface area contributed by atoms with E-state index in [1.54, 1.807) is 0 Å². The van der Waals surface area contributed by atoms with Crippen molar-refractivity contribution >= 4 is 11.8 Å². The number of hydrogen-bond donors (Lipinski definition) is 2. The standard InChI is InChI=1S/C23H31N7/c1-17-8-7-9-19(18(17)2)23(24)16-21(28(3)4)26-22(27-23)30-14-12-29(13-15-30)20-10-5-6-11-25-20/h5-11,16H,12-15,24H2,1-4H3,(H,26,27). The number of pyridine rings is 1. The summed E-state index contributed by atoms with van der Waals surface area (Å²) in [4.78, 5) is 16.1. The SMILES string of the molecule is Cc1cccc(C2(N)C=C(N(C)C)NC(N3CCN(c4ccccn4)CC3)=N2)c1C. The first kappa shape index (κ1) is 20.2. The molecule has 0 bridgehead atoms. The van der Waals surface area contributed by atoms with Gasteiger partial charge in [0.25, 0.3) is 0 Å². The molecule has 7 heteroatoms. The molecule has 3 heterocycles. The molecule has 3 N–H and O–H groups in total. The first-order valence-corrected chi connectivity index (χ1v) is 10.4. The first-order chi connectivity index (χ1) is 14.4. The highest BCUT2D eigenvalue weighted by Gasteiger charge is 2.34. The summed E-state index contributed by atoms with van der Waals surface area (Å²) >= 11 is 0. The minimum absolute atomic E-state index is 0.824. The van der Waals surface area contributed by atoms with Crippen LogP contribution in [0.5, 0.6) is 0 Å². The highest BCUT2D eigenvalue weighted by molar-refractivity contribution is 5.84. The molecule has 7 nitrogen and oxygen atoms in total. The van der Waals surface area contributed by atoms with Crippen LogP contribution in [0, 0.1) is 13.8 Å². The molecule has 1 aromatic carbocycles. The van der Waals surface area contributed by atoms with Crippen LogP contribution in [0.1, 0.15) is 16.7 Å². The van der Waals surface area contributed by atoms with Crippen LogP contribution in [-0.2, 0) is 5.66 Å². The fourth-order valence-electron chi connectivity index (χ4n) is 4.00. The summed E-state index contributed by atoms with van der Waals surface area (Å²) in [5.41, 5.74) is 9.44. The Balaban J connectivity index is 1.61. The van der Waals surface area contributed by atoms with E-state index in [4.69, 9.17) is 10.7 Å². The van der Waals surface area contributed by atoms with Gasteiger partial charge in [-0.15, -0.1) is 0 Å². The molecule has 0 radical (unpaired) electrons. The third kappa shape index (κ3) is 3.85. The molecular formula is C23H31N7. The van der Waals surface area contributed by atoms with Crippen molar-refractivity contribution in [2.24, 2.45) is 10.7 Å². The van der Waals surface area contributed by atoms with Gasteiger partial charge < -0.3 is 20.0 Å². The first-order valence-electron chi connectivity index (χ1n) is 10.4. The zero-order chi connectivity index (χ0) is 21.3. The van der Waals surface area contributed by atoms with Crippen LogP contribution in [-0.4, -0.2) is 61.0 Å². The van der Waals surface area contributed by atoms with Gasteiger partial charge in [-0.25, -0.2) is 9.98 Å². The molecule has 0 spiro atoms. The molecule has 2 aliphatic heterocycles. The maximum Gasteiger partial charge on any atom is 0.202 e. The topological polar surface area (TPSA) is 73.0 Å². The van der Waals surface area contributed by atoms with Gasteiger partial charge in [0, 0.05) is 58.1 Å². The maximum absolute atomic E-state index is 6.92. The number of aryl methyl sites for hydroxylation is 1. The zero-order valence-corrected chi connectivity index (χ0v) is 18.3. The summed E-state index contributed by atoms with van der Waals surface area (Å²) in [6, 6.07) is 12.3. The molecule has 30 heavy (non-hydrogen) atoms. The van der Waals surface area contributed by atoms with Gasteiger partial charge >= 0.3 is 0 Å². The van der Waals surface area contributed by atoms with E-state index < -0.39 is 5.66 Å². The van der Waals surface area contributed by atoms with Gasteiger partial charge in [0.1, 0.15) is 11.6 Å². The molecule has 0 aliphatic carbocycles. The number of nitrogens with zero attached hydrogens (tertiary/aromatic N) is 5. The minimum atomic E-state index is -0.908. The van der Waals surface area contributed by atoms with Gasteiger partial charge in [0.15, 0.2) is 5.66 Å². The lowest BCUT2D eigenvalue weighted by molar-refractivity contribution is 0.352. The number of piperazine rings is 1. The van der Waals surface area contributed by atoms with E-state index in [2.05, 4.69) is 58.2 Å². The van der Waals surface area contributed by atoms with Crippen LogP contribution >= 0.6 is 0 Å². The zero-order valence-electron chi connectivity index (χ0n) is 18.3. The molecular weight excluding hydrogens is 374 g/mol. The highest BCUT2D eigenvalue weighted by Crippen LogP contribution is 2.30. The monoisotopic (exact) mass is 405 g/mol. The van der Waals surface area contributed by atoms with E-state index >= 15 is 0 Å². The number of nitrogens with one attached hydrogen (secondary N) is 1. The number of nitrogens with two attached hydrogens (primary N) is 1. The van der Waals surface area contributed by atoms with Crippen LogP contribution in [0.3, 0.4) is 0 Å². The van der Waals surface area contributed by atoms with E-state index in [1.807, 2.05) is 43.4 Å². The summed E-state index contributed by atoms with van der Waals surface area (Å²) in [7, 11) is 4.04. The highest BCUT2D eigenvalue weighted by atomic mass is 15.4. The summed E-state index contributed by atoms with van der Waals surface area (Å²) in [5.74, 6) is 2.80. The van der Waals surface area contributed by atoms with Crippen molar-refractivity contribution < 1.29 is 0 Å². The number of guanidine groups is 1. The minimum Gasteiger partial charge on any atom is -0.364 e. The molecule has 0 amide bonds. The smallest absolute Gasteiger partial charge is 0.202 e. The van der Waals surface area contributed by atoms with Gasteiger partial charge in [-0.05, 0) is 37.1 Å². The average Bonchev–Trinajstić information content (AvgIpc) is 2.76. The van der Waals surface area contributed by atoms with Crippen molar-refractivity contribution in [1.82, 2.24) is 20.1 Å². The van der Waals surface area contributed by atoms with Crippen molar-refractivity contribution in [1.29, 1.82) is 0 Å². The van der Waals surface area contributed by atoms with Crippen molar-refractivity contribution in [3.8, 4) is 0 Å². The number of anilines is 1. The average molecular weight is 406 g/mol. The predicted molar refractivity (Wildman–Crippen MR) is 122 cm³/mol.